The lowest BCUT2D eigenvalue weighted by atomic mass is 9.98. The van der Waals surface area contributed by atoms with Gasteiger partial charge in [-0.2, -0.15) is 8.75 Å². The van der Waals surface area contributed by atoms with E-state index in [0.717, 1.165) is 11.0 Å². The predicted octanol–water partition coefficient (Wildman–Crippen LogP) is 12.7. The van der Waals surface area contributed by atoms with Gasteiger partial charge < -0.3 is 0 Å². The minimum Gasteiger partial charge on any atom is -0.172 e. The number of fused-ring (bicyclic) bond motifs is 1. The number of thiophene rings is 2. The van der Waals surface area contributed by atoms with E-state index in [4.69, 9.17) is 8.75 Å². The summed E-state index contributed by atoms with van der Waals surface area (Å²) in [6.07, 6.45) is 20.2. The van der Waals surface area contributed by atoms with Gasteiger partial charge in [-0.3, -0.25) is 0 Å². The number of hydrogen-bond acceptors (Lipinski definition) is 5. The van der Waals surface area contributed by atoms with Crippen molar-refractivity contribution in [2.24, 2.45) is 0 Å². The van der Waals surface area contributed by atoms with Crippen LogP contribution in [0.5, 0.6) is 0 Å². The summed E-state index contributed by atoms with van der Waals surface area (Å²) in [5.41, 5.74) is 9.18. The van der Waals surface area contributed by atoms with Crippen molar-refractivity contribution in [3.05, 3.63) is 51.2 Å². The summed E-state index contributed by atoms with van der Waals surface area (Å²) >= 11 is 5.25. The third-order valence-corrected chi connectivity index (χ3v) is 11.0. The van der Waals surface area contributed by atoms with E-state index in [0.29, 0.717) is 0 Å². The van der Waals surface area contributed by atoms with Crippen LogP contribution in [0.1, 0.15) is 126 Å². The fraction of sp³-hybridized carbons (Fsp3) is 0.543. The van der Waals surface area contributed by atoms with Crippen molar-refractivity contribution < 1.29 is 0 Å². The predicted molar refractivity (Wildman–Crippen MR) is 182 cm³/mol. The highest BCUT2D eigenvalue weighted by atomic mass is 32.1. The van der Waals surface area contributed by atoms with Crippen LogP contribution in [-0.4, -0.2) is 8.75 Å². The minimum atomic E-state index is 1.06. The molecular formula is C35H48N2S3. The van der Waals surface area contributed by atoms with E-state index in [-0.39, 0.29) is 0 Å². The summed E-state index contributed by atoms with van der Waals surface area (Å²) in [6, 6.07) is 9.53. The fourth-order valence-corrected chi connectivity index (χ4v) is 8.63. The first-order valence-electron chi connectivity index (χ1n) is 15.7. The molecule has 4 aromatic rings. The van der Waals surface area contributed by atoms with E-state index in [9.17, 15) is 0 Å². The first-order valence-corrected chi connectivity index (χ1v) is 18.1. The molecule has 4 rings (SSSR count). The molecule has 0 aliphatic rings. The Hall–Kier alpha value is -1.82. The lowest BCUT2D eigenvalue weighted by Gasteiger charge is -2.08. The van der Waals surface area contributed by atoms with Crippen LogP contribution in [0.4, 0.5) is 0 Å². The first-order chi connectivity index (χ1) is 19.6. The SMILES string of the molecule is CC=C(CCCCC)c1sc(-c2ccc(-c3cc(CCCCCC)c(C)s3)c3nsnc23)cc1CCCCCC. The average molecular weight is 593 g/mol. The lowest BCUT2D eigenvalue weighted by Crippen LogP contribution is -1.90. The van der Waals surface area contributed by atoms with Gasteiger partial charge >= 0.3 is 0 Å². The number of unbranched alkanes of at least 4 members (excludes halogenated alkanes) is 8. The maximum absolute atomic E-state index is 4.86. The van der Waals surface area contributed by atoms with Gasteiger partial charge in [-0.15, -0.1) is 22.7 Å². The molecule has 0 radical (unpaired) electrons. The molecule has 3 aromatic heterocycles. The smallest absolute Gasteiger partial charge is 0.114 e. The van der Waals surface area contributed by atoms with Crippen LogP contribution in [0.2, 0.25) is 0 Å². The summed E-state index contributed by atoms with van der Waals surface area (Å²) in [6.45, 7) is 11.4. The molecule has 1 aromatic carbocycles. The zero-order valence-electron chi connectivity index (χ0n) is 25.4. The number of rotatable bonds is 17. The highest BCUT2D eigenvalue weighted by Gasteiger charge is 2.20. The number of allylic oxidation sites excluding steroid dienone is 2. The topological polar surface area (TPSA) is 25.8 Å². The van der Waals surface area contributed by atoms with Crippen molar-refractivity contribution in [2.45, 2.75) is 125 Å². The summed E-state index contributed by atoms with van der Waals surface area (Å²) in [5, 5.41) is 0. The quantitative estimate of drug-likeness (QED) is 0.114. The lowest BCUT2D eigenvalue weighted by molar-refractivity contribution is 0.666. The molecule has 0 amide bonds. The molecule has 0 N–H and O–H groups in total. The largest absolute Gasteiger partial charge is 0.172 e. The Kier molecular flexibility index (Phi) is 12.4. The molecule has 0 saturated carbocycles. The molecule has 0 atom stereocenters. The van der Waals surface area contributed by atoms with Gasteiger partial charge in [0.2, 0.25) is 0 Å². The highest BCUT2D eigenvalue weighted by Crippen LogP contribution is 2.43. The second-order valence-electron chi connectivity index (χ2n) is 11.2. The van der Waals surface area contributed by atoms with Crippen molar-refractivity contribution in [1.82, 2.24) is 8.75 Å². The fourth-order valence-electron chi connectivity index (χ4n) is 5.62. The molecule has 2 nitrogen and oxygen atoms in total. The van der Waals surface area contributed by atoms with Gasteiger partial charge in [-0.1, -0.05) is 90.3 Å². The number of benzene rings is 1. The Labute approximate surface area is 255 Å². The van der Waals surface area contributed by atoms with Gasteiger partial charge in [0.15, 0.2) is 0 Å². The van der Waals surface area contributed by atoms with Gasteiger partial charge in [0.1, 0.15) is 11.0 Å². The number of aryl methyl sites for hydroxylation is 3. The Balaban J connectivity index is 1.66. The van der Waals surface area contributed by atoms with Gasteiger partial charge in [-0.25, -0.2) is 0 Å². The van der Waals surface area contributed by atoms with Crippen molar-refractivity contribution in [2.75, 3.05) is 0 Å². The molecule has 0 spiro atoms. The van der Waals surface area contributed by atoms with Crippen LogP contribution in [-0.2, 0) is 12.8 Å². The molecule has 0 saturated heterocycles. The average Bonchev–Trinajstić information content (AvgIpc) is 3.70. The number of nitrogens with zero attached hydrogens (tertiary/aromatic N) is 2. The van der Waals surface area contributed by atoms with Crippen LogP contribution < -0.4 is 0 Å². The van der Waals surface area contributed by atoms with Gasteiger partial charge in [0.05, 0.1) is 11.7 Å². The van der Waals surface area contributed by atoms with Crippen LogP contribution in [0, 0.1) is 6.92 Å². The van der Waals surface area contributed by atoms with E-state index in [1.54, 1.807) is 0 Å². The van der Waals surface area contributed by atoms with E-state index in [2.05, 4.69) is 65.0 Å². The Morgan fingerprint density at radius 3 is 1.85 bits per heavy atom. The van der Waals surface area contributed by atoms with Crippen LogP contribution in [0.25, 0.3) is 37.5 Å². The maximum atomic E-state index is 4.86. The van der Waals surface area contributed by atoms with Gasteiger partial charge in [-0.05, 0) is 81.2 Å². The normalized spacial score (nSPS) is 12.2. The third kappa shape index (κ3) is 7.72. The van der Waals surface area contributed by atoms with E-state index < -0.39 is 0 Å². The molecule has 0 aliphatic heterocycles. The minimum absolute atomic E-state index is 1.06. The summed E-state index contributed by atoms with van der Waals surface area (Å²) in [7, 11) is 0. The number of aromatic nitrogens is 2. The van der Waals surface area contributed by atoms with E-state index in [1.165, 1.54) is 149 Å². The molecule has 0 unspecified atom stereocenters. The van der Waals surface area contributed by atoms with Crippen LogP contribution >= 0.6 is 34.4 Å². The molecule has 40 heavy (non-hydrogen) atoms. The molecular weight excluding hydrogens is 545 g/mol. The standard InChI is InChI=1S/C35H48N2S3/c1-6-10-13-16-19-27-23-31(38-25(27)5)29-21-22-30(34-33(29)36-40-37-34)32-24-28(20-17-14-11-7-2)35(39-32)26(9-4)18-15-12-8-3/h9,21-24H,6-8,10-20H2,1-5H3. The molecule has 3 heterocycles. The van der Waals surface area contributed by atoms with Crippen LogP contribution in [0.3, 0.4) is 0 Å². The van der Waals surface area contributed by atoms with Crippen molar-refractivity contribution in [3.63, 3.8) is 0 Å². The Bertz CT molecular complexity index is 1370. The molecule has 0 aliphatic carbocycles. The van der Waals surface area contributed by atoms with E-state index >= 15 is 0 Å². The molecule has 216 valence electrons. The van der Waals surface area contributed by atoms with Gasteiger partial charge in [0, 0.05) is 30.6 Å². The third-order valence-electron chi connectivity index (χ3n) is 8.07. The molecule has 0 fully saturated rings. The van der Waals surface area contributed by atoms with Crippen molar-refractivity contribution in [1.29, 1.82) is 0 Å². The van der Waals surface area contributed by atoms with Crippen LogP contribution in [0.15, 0.2) is 30.3 Å². The first kappa shape index (κ1) is 31.1. The monoisotopic (exact) mass is 592 g/mol. The second kappa shape index (κ2) is 16.0. The highest BCUT2D eigenvalue weighted by molar-refractivity contribution is 7.17. The molecule has 0 bridgehead atoms. The Morgan fingerprint density at radius 2 is 1.25 bits per heavy atom. The zero-order valence-corrected chi connectivity index (χ0v) is 27.9. The maximum Gasteiger partial charge on any atom is 0.114 e. The summed E-state index contributed by atoms with van der Waals surface area (Å²) in [4.78, 5) is 5.64. The van der Waals surface area contributed by atoms with Gasteiger partial charge in [0.25, 0.3) is 0 Å². The second-order valence-corrected chi connectivity index (χ2v) is 14.0. The zero-order chi connectivity index (χ0) is 28.3. The summed E-state index contributed by atoms with van der Waals surface area (Å²) < 4.78 is 9.70. The van der Waals surface area contributed by atoms with E-state index in [1.807, 2.05) is 22.7 Å². The molecule has 5 heteroatoms. The summed E-state index contributed by atoms with van der Waals surface area (Å²) in [5.74, 6) is 0. The van der Waals surface area contributed by atoms with Crippen molar-refractivity contribution in [3.8, 4) is 20.9 Å². The number of hydrogen-bond donors (Lipinski definition) is 0. The van der Waals surface area contributed by atoms with Crippen molar-refractivity contribution >= 4 is 51.0 Å². The Morgan fingerprint density at radius 1 is 0.700 bits per heavy atom.